The molecule has 2 aliphatic heterocycles. The molecule has 0 aromatic heterocycles. The summed E-state index contributed by atoms with van der Waals surface area (Å²) < 4.78 is 9.77. The molecule has 0 saturated heterocycles. The molecule has 0 fully saturated rings. The van der Waals surface area contributed by atoms with Crippen LogP contribution in [0.1, 0.15) is 110 Å². The number of unbranched alkanes of at least 4 members (excludes halogenated alkanes) is 10. The normalized spacial score (nSPS) is 22.7. The van der Waals surface area contributed by atoms with E-state index < -0.39 is 71.6 Å². The second kappa shape index (κ2) is 16.9. The van der Waals surface area contributed by atoms with E-state index >= 15 is 0 Å². The molecule has 0 saturated carbocycles. The molecule has 2 rings (SSSR count). The maximum Gasteiger partial charge on any atom is 0.378 e. The Morgan fingerprint density at radius 2 is 1.05 bits per heavy atom. The van der Waals surface area contributed by atoms with Crippen LogP contribution in [0.15, 0.2) is 23.0 Å². The molecule has 0 spiro atoms. The fourth-order valence-corrected chi connectivity index (χ4v) is 5.80. The Kier molecular flexibility index (Phi) is 14.4. The van der Waals surface area contributed by atoms with E-state index in [4.69, 9.17) is 9.47 Å². The molecule has 242 valence electrons. The number of esters is 2. The Bertz CT molecular complexity index is 947. The number of hydrogen-bond acceptors (Lipinski definition) is 12. The zero-order chi connectivity index (χ0) is 31.3. The summed E-state index contributed by atoms with van der Waals surface area (Å²) in [4.78, 5) is 23.1. The van der Waals surface area contributed by atoms with Crippen LogP contribution in [0.5, 0.6) is 0 Å². The summed E-state index contributed by atoms with van der Waals surface area (Å²) in [6.07, 6.45) is 9.94. The van der Waals surface area contributed by atoms with Crippen LogP contribution < -0.4 is 0 Å². The van der Waals surface area contributed by atoms with Crippen LogP contribution in [-0.2, 0) is 19.1 Å². The molecule has 5 atom stereocenters. The molecule has 0 aromatic carbocycles. The Morgan fingerprint density at radius 1 is 0.643 bits per heavy atom. The molecule has 0 aliphatic carbocycles. The zero-order valence-electron chi connectivity index (χ0n) is 24.7. The van der Waals surface area contributed by atoms with Gasteiger partial charge in [-0.3, -0.25) is 0 Å². The fourth-order valence-electron chi connectivity index (χ4n) is 5.80. The number of cyclic esters (lactones) is 2. The molecule has 8 N–H and O–H groups in total. The smallest absolute Gasteiger partial charge is 0.378 e. The average molecular weight is 603 g/mol. The predicted molar refractivity (Wildman–Crippen MR) is 151 cm³/mol. The molecule has 12 nitrogen and oxygen atoms in total. The average Bonchev–Trinajstić information content (AvgIpc) is 3.40. The molecule has 0 bridgehead atoms. The minimum atomic E-state index is -1.92. The van der Waals surface area contributed by atoms with E-state index in [0.717, 1.165) is 64.2 Å². The van der Waals surface area contributed by atoms with Crippen molar-refractivity contribution in [2.45, 2.75) is 133 Å². The quantitative estimate of drug-likeness (QED) is 0.0656. The molecule has 0 aromatic rings. The van der Waals surface area contributed by atoms with Crippen molar-refractivity contribution in [1.82, 2.24) is 0 Å². The highest BCUT2D eigenvalue weighted by atomic mass is 16.6. The van der Waals surface area contributed by atoms with Crippen molar-refractivity contribution in [3.8, 4) is 0 Å². The minimum absolute atomic E-state index is 0.00611. The molecular formula is C30H50O12. The Morgan fingerprint density at radius 3 is 1.45 bits per heavy atom. The van der Waals surface area contributed by atoms with Crippen LogP contribution in [0.4, 0.5) is 0 Å². The lowest BCUT2D eigenvalue weighted by atomic mass is 9.81. The monoisotopic (exact) mass is 602 g/mol. The van der Waals surface area contributed by atoms with Gasteiger partial charge in [-0.05, 0) is 18.8 Å². The number of carbonyl (C=O) groups excluding carboxylic acids is 2. The highest BCUT2D eigenvalue weighted by Crippen LogP contribution is 2.36. The fraction of sp³-hybridized carbons (Fsp3) is 0.800. The first-order valence-corrected chi connectivity index (χ1v) is 15.3. The van der Waals surface area contributed by atoms with Crippen molar-refractivity contribution in [3.63, 3.8) is 0 Å². The number of aliphatic hydroxyl groups excluding tert-OH is 6. The number of carbonyl (C=O) groups is 2. The van der Waals surface area contributed by atoms with Gasteiger partial charge < -0.3 is 50.3 Å². The van der Waals surface area contributed by atoms with Crippen LogP contribution >= 0.6 is 0 Å². The third-order valence-corrected chi connectivity index (χ3v) is 8.42. The van der Waals surface area contributed by atoms with Gasteiger partial charge in [-0.15, -0.1) is 0 Å². The van der Waals surface area contributed by atoms with Gasteiger partial charge in [0, 0.05) is 0 Å². The Balaban J connectivity index is 1.81. The summed E-state index contributed by atoms with van der Waals surface area (Å²) in [5.74, 6) is -5.75. The van der Waals surface area contributed by atoms with Crippen LogP contribution in [0.25, 0.3) is 0 Å². The first kappa shape index (κ1) is 35.7. The SMILES string of the molecule is CCCCCCCCC(CCCCCCCC[C@](O)(CO)[C@H]1OC(=O)C(O)=C1O)C[C@](O)(CO)[C@H]1OC(=O)C(O)=C1O. The third kappa shape index (κ3) is 9.48. The van der Waals surface area contributed by atoms with E-state index in [1.165, 1.54) is 12.8 Å². The largest absolute Gasteiger partial charge is 0.505 e. The van der Waals surface area contributed by atoms with Gasteiger partial charge in [-0.2, -0.15) is 0 Å². The van der Waals surface area contributed by atoms with Crippen molar-refractivity contribution in [3.05, 3.63) is 23.0 Å². The predicted octanol–water partition coefficient (Wildman–Crippen LogP) is 3.82. The first-order valence-electron chi connectivity index (χ1n) is 15.3. The van der Waals surface area contributed by atoms with Crippen LogP contribution in [0.3, 0.4) is 0 Å². The van der Waals surface area contributed by atoms with Gasteiger partial charge in [0.1, 0.15) is 11.2 Å². The van der Waals surface area contributed by atoms with E-state index in [0.29, 0.717) is 12.8 Å². The first-order chi connectivity index (χ1) is 19.9. The summed E-state index contributed by atoms with van der Waals surface area (Å²) in [7, 11) is 0. The van der Waals surface area contributed by atoms with Crippen molar-refractivity contribution in [2.24, 2.45) is 5.92 Å². The second-order valence-electron chi connectivity index (χ2n) is 11.8. The van der Waals surface area contributed by atoms with Crippen molar-refractivity contribution in [2.75, 3.05) is 13.2 Å². The van der Waals surface area contributed by atoms with Crippen molar-refractivity contribution in [1.29, 1.82) is 0 Å². The lowest BCUT2D eigenvalue weighted by molar-refractivity contribution is -0.162. The van der Waals surface area contributed by atoms with Gasteiger partial charge in [0.25, 0.3) is 0 Å². The molecule has 2 aliphatic rings. The third-order valence-electron chi connectivity index (χ3n) is 8.42. The second-order valence-corrected chi connectivity index (χ2v) is 11.8. The Hall–Kier alpha value is -2.54. The maximum absolute atomic E-state index is 11.7. The highest BCUT2D eigenvalue weighted by Gasteiger charge is 2.50. The minimum Gasteiger partial charge on any atom is -0.505 e. The summed E-state index contributed by atoms with van der Waals surface area (Å²) in [6, 6.07) is 0. The molecule has 12 heteroatoms. The van der Waals surface area contributed by atoms with Crippen molar-refractivity contribution < 1.29 is 59.9 Å². The number of aliphatic hydroxyl groups is 8. The number of hydrogen-bond donors (Lipinski definition) is 8. The van der Waals surface area contributed by atoms with E-state index in [2.05, 4.69) is 6.92 Å². The molecule has 0 amide bonds. The molecule has 2 heterocycles. The molecule has 42 heavy (non-hydrogen) atoms. The summed E-state index contributed by atoms with van der Waals surface area (Å²) in [6.45, 7) is 0.654. The van der Waals surface area contributed by atoms with E-state index in [1.54, 1.807) is 0 Å². The lowest BCUT2D eigenvalue weighted by Gasteiger charge is -2.34. The van der Waals surface area contributed by atoms with Gasteiger partial charge in [-0.1, -0.05) is 96.8 Å². The van der Waals surface area contributed by atoms with Gasteiger partial charge >= 0.3 is 11.9 Å². The van der Waals surface area contributed by atoms with E-state index in [9.17, 15) is 50.4 Å². The van der Waals surface area contributed by atoms with E-state index in [1.807, 2.05) is 0 Å². The highest BCUT2D eigenvalue weighted by molar-refractivity contribution is 5.89. The van der Waals surface area contributed by atoms with Gasteiger partial charge in [0.05, 0.1) is 13.2 Å². The summed E-state index contributed by atoms with van der Waals surface area (Å²) >= 11 is 0. The van der Waals surface area contributed by atoms with Crippen LogP contribution in [0.2, 0.25) is 0 Å². The van der Waals surface area contributed by atoms with Gasteiger partial charge in [-0.25, -0.2) is 9.59 Å². The standard InChI is InChI=1S/C30H50O12/c1-2-3-4-5-8-11-14-20(17-30(40,19-32)26-22(34)24(36)28(38)42-26)15-12-9-6-7-10-13-16-29(39,18-31)25-21(33)23(35)27(37)41-25/h20,25-26,31-36,39-40H,2-19H2,1H3/t20?,25-,26-,29-,30-/m0/s1. The topological polar surface area (TPSA) is 214 Å². The van der Waals surface area contributed by atoms with E-state index in [-0.39, 0.29) is 18.8 Å². The van der Waals surface area contributed by atoms with Gasteiger partial charge in [0.15, 0.2) is 23.7 Å². The molecule has 1 unspecified atom stereocenters. The molecular weight excluding hydrogens is 552 g/mol. The zero-order valence-corrected chi connectivity index (χ0v) is 24.7. The number of ether oxygens (including phenoxy) is 2. The number of rotatable bonds is 22. The Labute approximate surface area is 247 Å². The molecule has 0 radical (unpaired) electrons. The van der Waals surface area contributed by atoms with Gasteiger partial charge in [0.2, 0.25) is 11.5 Å². The lowest BCUT2D eigenvalue weighted by Crippen LogP contribution is -2.48. The maximum atomic E-state index is 11.7. The van der Waals surface area contributed by atoms with Crippen LogP contribution in [0, 0.1) is 5.92 Å². The van der Waals surface area contributed by atoms with Crippen LogP contribution in [-0.4, -0.2) is 89.4 Å². The summed E-state index contributed by atoms with van der Waals surface area (Å²) in [5.41, 5.74) is -3.82. The van der Waals surface area contributed by atoms with Crippen molar-refractivity contribution >= 4 is 11.9 Å². The summed E-state index contributed by atoms with van der Waals surface area (Å²) in [5, 5.41) is 80.6.